The van der Waals surface area contributed by atoms with E-state index in [-0.39, 0.29) is 23.4 Å². The number of aliphatic hydroxyl groups excluding tert-OH is 3. The zero-order valence-electron chi connectivity index (χ0n) is 20.1. The quantitative estimate of drug-likeness (QED) is 0.142. The number of aromatic nitrogens is 7. The predicted octanol–water partition coefficient (Wildman–Crippen LogP) is -1.38. The van der Waals surface area contributed by atoms with Gasteiger partial charge in [-0.15, -0.1) is 0 Å². The first-order valence-electron chi connectivity index (χ1n) is 11.9. The topological polar surface area (TPSA) is 246 Å². The lowest BCUT2D eigenvalue weighted by Gasteiger charge is -2.25. The minimum atomic E-state index is -4.52. The van der Waals surface area contributed by atoms with Crippen molar-refractivity contribution >= 4 is 35.6 Å². The molecule has 2 aliphatic heterocycles. The molecule has 39 heavy (non-hydrogen) atoms. The lowest BCUT2D eigenvalue weighted by molar-refractivity contribution is -0.0492. The van der Waals surface area contributed by atoms with Crippen molar-refractivity contribution in [1.29, 1.82) is 0 Å². The highest BCUT2D eigenvalue weighted by molar-refractivity contribution is 7.53. The van der Waals surface area contributed by atoms with Gasteiger partial charge in [-0.05, 0) is 12.5 Å². The van der Waals surface area contributed by atoms with Gasteiger partial charge in [0.25, 0.3) is 5.56 Å². The second kappa shape index (κ2) is 9.72. The van der Waals surface area contributed by atoms with Crippen LogP contribution < -0.4 is 11.3 Å². The number of nitrogens with two attached hydrogens (primary N) is 1. The summed E-state index contributed by atoms with van der Waals surface area (Å²) in [5, 5.41) is 31.5. The van der Waals surface area contributed by atoms with Gasteiger partial charge in [-0.3, -0.25) is 13.9 Å². The molecule has 2 aliphatic rings. The van der Waals surface area contributed by atoms with Crippen LogP contribution in [0.3, 0.4) is 0 Å². The lowest BCUT2D eigenvalue weighted by Crippen LogP contribution is -2.34. The molecule has 4 aromatic heterocycles. The molecule has 0 amide bonds. The van der Waals surface area contributed by atoms with E-state index in [1.807, 2.05) is 0 Å². The average Bonchev–Trinajstić information content (AvgIpc) is 3.69. The minimum Gasteiger partial charge on any atom is -0.394 e. The molecule has 2 fully saturated rings. The van der Waals surface area contributed by atoms with Gasteiger partial charge in [0, 0.05) is 6.20 Å². The molecule has 2 unspecified atom stereocenters. The summed E-state index contributed by atoms with van der Waals surface area (Å²) in [7, 11) is -4.52. The summed E-state index contributed by atoms with van der Waals surface area (Å²) >= 11 is 0. The average molecular weight is 564 g/mol. The standard InChI is InChI=1S/C21H25N8O9P/c22-16-10-1-2-28(17(10)24-6-23-16)21-15(32)14(31)11(38-21)5-36-39(34,35)12-3-9(4-30)37-20(12)29-8-27-13-18(29)25-7-26-19(13)33/h1-2,6-9,11-12,14-15,20-21,30-32H,3-5H2,(H,34,35)(H2,22,23,24)(H,25,26,33)/t9?,11-,12-,14-,15-,20-,21-/m1/s1. The highest BCUT2D eigenvalue weighted by Gasteiger charge is 2.50. The van der Waals surface area contributed by atoms with E-state index in [9.17, 15) is 29.6 Å². The normalized spacial score (nSPS) is 30.8. The van der Waals surface area contributed by atoms with E-state index in [0.717, 1.165) is 0 Å². The van der Waals surface area contributed by atoms with Crippen molar-refractivity contribution in [3.63, 3.8) is 0 Å². The van der Waals surface area contributed by atoms with Gasteiger partial charge in [0.1, 0.15) is 41.8 Å². The number of rotatable bonds is 7. The van der Waals surface area contributed by atoms with Crippen LogP contribution in [0.4, 0.5) is 5.82 Å². The van der Waals surface area contributed by atoms with Crippen LogP contribution in [0.1, 0.15) is 18.9 Å². The van der Waals surface area contributed by atoms with Gasteiger partial charge in [-0.1, -0.05) is 0 Å². The second-order valence-corrected chi connectivity index (χ2v) is 11.4. The number of imidazole rings is 1. The van der Waals surface area contributed by atoms with Gasteiger partial charge >= 0.3 is 7.60 Å². The number of aromatic amines is 1. The Morgan fingerprint density at radius 3 is 2.74 bits per heavy atom. The number of nitrogen functional groups attached to an aromatic ring is 1. The van der Waals surface area contributed by atoms with Crippen molar-refractivity contribution in [2.75, 3.05) is 18.9 Å². The largest absolute Gasteiger partial charge is 0.394 e. The molecule has 7 N–H and O–H groups in total. The fourth-order valence-electron chi connectivity index (χ4n) is 5.01. The Morgan fingerprint density at radius 1 is 1.13 bits per heavy atom. The molecule has 0 aliphatic carbocycles. The second-order valence-electron chi connectivity index (χ2n) is 9.32. The maximum Gasteiger partial charge on any atom is 0.335 e. The molecule has 0 radical (unpaired) electrons. The molecule has 18 heteroatoms. The van der Waals surface area contributed by atoms with Gasteiger partial charge < -0.3 is 49.5 Å². The van der Waals surface area contributed by atoms with Crippen LogP contribution >= 0.6 is 7.60 Å². The first-order chi connectivity index (χ1) is 18.7. The summed E-state index contributed by atoms with van der Waals surface area (Å²) in [5.41, 5.74) is 4.69. The molecule has 0 aromatic carbocycles. The SMILES string of the molecule is Nc1ncnc2c1ccn2[C@@H]1O[C@H](COP(=O)(O)[C@@H]2CC(CO)O[C@H]2n2cnc3c(=O)[nH]cnc32)[C@@H](O)[C@H]1O. The van der Waals surface area contributed by atoms with E-state index >= 15 is 0 Å². The number of ether oxygens (including phenoxy) is 2. The number of hydrogen-bond donors (Lipinski definition) is 6. The van der Waals surface area contributed by atoms with E-state index < -0.39 is 68.9 Å². The van der Waals surface area contributed by atoms with Gasteiger partial charge in [0.15, 0.2) is 23.6 Å². The van der Waals surface area contributed by atoms with Crippen molar-refractivity contribution in [3.8, 4) is 0 Å². The first kappa shape index (κ1) is 26.0. The molecule has 6 rings (SSSR count). The predicted molar refractivity (Wildman–Crippen MR) is 131 cm³/mol. The van der Waals surface area contributed by atoms with Gasteiger partial charge in [-0.2, -0.15) is 0 Å². The number of anilines is 1. The molecule has 6 heterocycles. The van der Waals surface area contributed by atoms with Crippen LogP contribution in [0, 0.1) is 0 Å². The van der Waals surface area contributed by atoms with E-state index in [0.29, 0.717) is 11.0 Å². The lowest BCUT2D eigenvalue weighted by atomic mass is 10.1. The number of nitrogens with one attached hydrogen (secondary N) is 1. The third-order valence-electron chi connectivity index (χ3n) is 7.00. The van der Waals surface area contributed by atoms with Gasteiger partial charge in [0.05, 0.1) is 37.4 Å². The van der Waals surface area contributed by atoms with E-state index in [2.05, 4.69) is 24.9 Å². The molecule has 17 nitrogen and oxygen atoms in total. The number of aliphatic hydroxyl groups is 3. The third-order valence-corrected chi connectivity index (χ3v) is 8.83. The summed E-state index contributed by atoms with van der Waals surface area (Å²) in [6, 6.07) is 1.64. The van der Waals surface area contributed by atoms with E-state index in [1.54, 1.807) is 12.3 Å². The minimum absolute atomic E-state index is 0.00746. The van der Waals surface area contributed by atoms with Crippen LogP contribution in [0.5, 0.6) is 0 Å². The van der Waals surface area contributed by atoms with Gasteiger partial charge in [0.2, 0.25) is 0 Å². The third kappa shape index (κ3) is 4.32. The molecular formula is C21H25N8O9P. The highest BCUT2D eigenvalue weighted by Crippen LogP contribution is 2.57. The molecule has 0 bridgehead atoms. The number of hydrogen-bond acceptors (Lipinski definition) is 13. The van der Waals surface area contributed by atoms with Crippen LogP contribution in [-0.2, 0) is 18.6 Å². The van der Waals surface area contributed by atoms with Crippen LogP contribution in [-0.4, -0.2) is 97.6 Å². The maximum absolute atomic E-state index is 13.5. The summed E-state index contributed by atoms with van der Waals surface area (Å²) in [6.45, 7) is -0.973. The Bertz CT molecular complexity index is 1620. The maximum atomic E-state index is 13.5. The van der Waals surface area contributed by atoms with Gasteiger partial charge in [-0.25, -0.2) is 19.9 Å². The van der Waals surface area contributed by atoms with Crippen molar-refractivity contribution < 1.29 is 38.8 Å². The first-order valence-corrected chi connectivity index (χ1v) is 13.6. The Hall–Kier alpha value is -3.28. The number of nitrogens with zero attached hydrogens (tertiary/aromatic N) is 6. The number of H-pyrrole nitrogens is 1. The van der Waals surface area contributed by atoms with E-state index in [1.165, 1.54) is 28.1 Å². The fourth-order valence-corrected chi connectivity index (χ4v) is 6.60. The summed E-state index contributed by atoms with van der Waals surface area (Å²) in [5.74, 6) is 0.230. The molecule has 4 aromatic rings. The molecular weight excluding hydrogens is 539 g/mol. The van der Waals surface area contributed by atoms with Crippen molar-refractivity contribution in [2.24, 2.45) is 0 Å². The Morgan fingerprint density at radius 2 is 1.95 bits per heavy atom. The Balaban J connectivity index is 1.21. The van der Waals surface area contributed by atoms with Crippen LogP contribution in [0.15, 0.2) is 36.0 Å². The zero-order valence-corrected chi connectivity index (χ0v) is 21.0. The van der Waals surface area contributed by atoms with Crippen LogP contribution in [0.25, 0.3) is 22.2 Å². The molecule has 2 saturated heterocycles. The Kier molecular flexibility index (Phi) is 6.47. The summed E-state index contributed by atoms with van der Waals surface area (Å²) in [6.07, 6.45) is -1.86. The van der Waals surface area contributed by atoms with Crippen molar-refractivity contribution in [2.45, 2.75) is 49.0 Å². The van der Waals surface area contributed by atoms with Crippen LogP contribution in [0.2, 0.25) is 0 Å². The Labute approximate surface area is 218 Å². The highest BCUT2D eigenvalue weighted by atomic mass is 31.2. The molecule has 208 valence electrons. The smallest absolute Gasteiger partial charge is 0.335 e. The number of fused-ring (bicyclic) bond motifs is 2. The monoisotopic (exact) mass is 564 g/mol. The summed E-state index contributed by atoms with van der Waals surface area (Å²) < 4.78 is 33.3. The fraction of sp³-hybridized carbons (Fsp3) is 0.476. The zero-order chi connectivity index (χ0) is 27.5. The van der Waals surface area contributed by atoms with E-state index in [4.69, 9.17) is 19.7 Å². The molecule has 8 atom stereocenters. The van der Waals surface area contributed by atoms with Crippen molar-refractivity contribution in [1.82, 2.24) is 34.1 Å². The molecule has 0 spiro atoms. The molecule has 0 saturated carbocycles. The summed E-state index contributed by atoms with van der Waals surface area (Å²) in [4.78, 5) is 41.6. The van der Waals surface area contributed by atoms with Crippen molar-refractivity contribution in [3.05, 3.63) is 41.6 Å².